The average Bonchev–Trinajstić information content (AvgIpc) is 3.19. The zero-order valence-electron chi connectivity index (χ0n) is 12.2. The summed E-state index contributed by atoms with van der Waals surface area (Å²) in [4.78, 5) is 23.7. The van der Waals surface area contributed by atoms with E-state index in [2.05, 4.69) is 5.32 Å². The lowest BCUT2D eigenvalue weighted by atomic mass is 10.1. The molecule has 3 rings (SSSR count). The molecule has 6 nitrogen and oxygen atoms in total. The molecule has 0 unspecified atom stereocenters. The topological polar surface area (TPSA) is 73.5 Å². The van der Waals surface area contributed by atoms with Gasteiger partial charge in [0.2, 0.25) is 0 Å². The van der Waals surface area contributed by atoms with Crippen molar-refractivity contribution in [1.29, 1.82) is 0 Å². The molecule has 1 saturated heterocycles. The van der Waals surface area contributed by atoms with Gasteiger partial charge in [-0.15, -0.1) is 0 Å². The molecule has 0 aliphatic carbocycles. The molecule has 1 amide bonds. The fourth-order valence-electron chi connectivity index (χ4n) is 2.41. The monoisotopic (exact) mass is 302 g/mol. The van der Waals surface area contributed by atoms with Crippen LogP contribution in [-0.4, -0.2) is 30.2 Å². The SMILES string of the molecule is O=C(NC[C@@H]1CCOC1)c1ccc(Cn2ccccc2=O)o1. The van der Waals surface area contributed by atoms with Gasteiger partial charge in [-0.1, -0.05) is 6.07 Å². The predicted octanol–water partition coefficient (Wildman–Crippen LogP) is 1.26. The number of hydrogen-bond acceptors (Lipinski definition) is 4. The number of aromatic nitrogens is 1. The zero-order valence-corrected chi connectivity index (χ0v) is 12.2. The first-order valence-electron chi connectivity index (χ1n) is 7.32. The van der Waals surface area contributed by atoms with Crippen LogP contribution in [0.4, 0.5) is 0 Å². The summed E-state index contributed by atoms with van der Waals surface area (Å²) in [7, 11) is 0. The van der Waals surface area contributed by atoms with Gasteiger partial charge < -0.3 is 19.0 Å². The summed E-state index contributed by atoms with van der Waals surface area (Å²) in [5.74, 6) is 0.973. The second-order valence-corrected chi connectivity index (χ2v) is 5.37. The molecule has 0 radical (unpaired) electrons. The average molecular weight is 302 g/mol. The van der Waals surface area contributed by atoms with Crippen LogP contribution in [0.25, 0.3) is 0 Å². The fourth-order valence-corrected chi connectivity index (χ4v) is 2.41. The van der Waals surface area contributed by atoms with Crippen molar-refractivity contribution in [2.75, 3.05) is 19.8 Å². The zero-order chi connectivity index (χ0) is 15.4. The quantitative estimate of drug-likeness (QED) is 0.902. The fraction of sp³-hybridized carbons (Fsp3) is 0.375. The van der Waals surface area contributed by atoms with Crippen LogP contribution < -0.4 is 10.9 Å². The Morgan fingerprint density at radius 3 is 3.00 bits per heavy atom. The number of carbonyl (C=O) groups is 1. The van der Waals surface area contributed by atoms with Gasteiger partial charge in [0.05, 0.1) is 13.2 Å². The van der Waals surface area contributed by atoms with Crippen molar-refractivity contribution >= 4 is 5.91 Å². The lowest BCUT2D eigenvalue weighted by Gasteiger charge is -2.08. The van der Waals surface area contributed by atoms with Crippen molar-refractivity contribution in [3.8, 4) is 0 Å². The first-order valence-corrected chi connectivity index (χ1v) is 7.32. The lowest BCUT2D eigenvalue weighted by Crippen LogP contribution is -2.29. The van der Waals surface area contributed by atoms with Crippen LogP contribution in [0.1, 0.15) is 22.7 Å². The number of carbonyl (C=O) groups excluding carboxylic acids is 1. The highest BCUT2D eigenvalue weighted by Gasteiger charge is 2.18. The van der Waals surface area contributed by atoms with Crippen molar-refractivity contribution in [2.45, 2.75) is 13.0 Å². The number of pyridine rings is 1. The molecule has 6 heteroatoms. The Morgan fingerprint density at radius 1 is 1.32 bits per heavy atom. The maximum absolute atomic E-state index is 12.0. The van der Waals surface area contributed by atoms with E-state index in [4.69, 9.17) is 9.15 Å². The summed E-state index contributed by atoms with van der Waals surface area (Å²) in [5.41, 5.74) is -0.105. The van der Waals surface area contributed by atoms with Gasteiger partial charge in [0.15, 0.2) is 5.76 Å². The van der Waals surface area contributed by atoms with Crippen molar-refractivity contribution in [3.05, 3.63) is 58.4 Å². The third kappa shape index (κ3) is 3.46. The minimum Gasteiger partial charge on any atom is -0.454 e. The molecule has 1 fully saturated rings. The molecule has 1 aliphatic heterocycles. The van der Waals surface area contributed by atoms with Gasteiger partial charge in [0.25, 0.3) is 11.5 Å². The van der Waals surface area contributed by atoms with E-state index in [9.17, 15) is 9.59 Å². The van der Waals surface area contributed by atoms with Gasteiger partial charge in [-0.2, -0.15) is 0 Å². The Labute approximate surface area is 127 Å². The van der Waals surface area contributed by atoms with Crippen LogP contribution in [0, 0.1) is 5.92 Å². The van der Waals surface area contributed by atoms with Gasteiger partial charge in [-0.3, -0.25) is 9.59 Å². The molecule has 1 atom stereocenters. The number of nitrogens with one attached hydrogen (secondary N) is 1. The Kier molecular flexibility index (Phi) is 4.39. The predicted molar refractivity (Wildman–Crippen MR) is 79.8 cm³/mol. The number of amides is 1. The Balaban J connectivity index is 1.59. The lowest BCUT2D eigenvalue weighted by molar-refractivity contribution is 0.0915. The summed E-state index contributed by atoms with van der Waals surface area (Å²) in [6.45, 7) is 2.36. The second kappa shape index (κ2) is 6.62. The molecular formula is C16H18N2O4. The van der Waals surface area contributed by atoms with Crippen molar-refractivity contribution in [1.82, 2.24) is 9.88 Å². The van der Waals surface area contributed by atoms with Crippen LogP contribution in [-0.2, 0) is 11.3 Å². The molecule has 1 aliphatic rings. The molecule has 116 valence electrons. The molecule has 22 heavy (non-hydrogen) atoms. The molecule has 2 aromatic heterocycles. The van der Waals surface area contributed by atoms with Crippen LogP contribution in [0.2, 0.25) is 0 Å². The van der Waals surface area contributed by atoms with E-state index in [-0.39, 0.29) is 17.2 Å². The number of nitrogens with zero attached hydrogens (tertiary/aromatic N) is 1. The molecule has 0 aromatic carbocycles. The molecule has 1 N–H and O–H groups in total. The summed E-state index contributed by atoms with van der Waals surface area (Å²) in [6.07, 6.45) is 2.66. The van der Waals surface area contributed by atoms with Gasteiger partial charge in [0.1, 0.15) is 5.76 Å². The van der Waals surface area contributed by atoms with E-state index < -0.39 is 0 Å². The van der Waals surface area contributed by atoms with E-state index in [1.165, 1.54) is 10.6 Å². The molecule has 2 aromatic rings. The normalized spacial score (nSPS) is 17.5. The highest BCUT2D eigenvalue weighted by Crippen LogP contribution is 2.12. The number of ether oxygens (including phenoxy) is 1. The second-order valence-electron chi connectivity index (χ2n) is 5.37. The van der Waals surface area contributed by atoms with Crippen LogP contribution in [0.3, 0.4) is 0 Å². The summed E-state index contributed by atoms with van der Waals surface area (Å²) in [6, 6.07) is 8.30. The van der Waals surface area contributed by atoms with Crippen LogP contribution in [0.5, 0.6) is 0 Å². The first-order chi connectivity index (χ1) is 10.7. The Bertz CT molecular complexity index is 698. The van der Waals surface area contributed by atoms with Gasteiger partial charge in [0, 0.05) is 31.3 Å². The summed E-state index contributed by atoms with van der Waals surface area (Å²) < 4.78 is 12.3. The highest BCUT2D eigenvalue weighted by molar-refractivity contribution is 5.91. The van der Waals surface area contributed by atoms with Crippen LogP contribution in [0.15, 0.2) is 45.7 Å². The van der Waals surface area contributed by atoms with Crippen molar-refractivity contribution < 1.29 is 13.9 Å². The van der Waals surface area contributed by atoms with Crippen LogP contribution >= 0.6 is 0 Å². The summed E-state index contributed by atoms with van der Waals surface area (Å²) in [5, 5.41) is 2.85. The van der Waals surface area contributed by atoms with Crippen molar-refractivity contribution in [2.24, 2.45) is 5.92 Å². The minimum atomic E-state index is -0.237. The van der Waals surface area contributed by atoms with Crippen molar-refractivity contribution in [3.63, 3.8) is 0 Å². The van der Waals surface area contributed by atoms with Gasteiger partial charge >= 0.3 is 0 Å². The third-order valence-corrected chi connectivity index (χ3v) is 3.69. The first kappa shape index (κ1) is 14.6. The third-order valence-electron chi connectivity index (χ3n) is 3.69. The Hall–Kier alpha value is -2.34. The van der Waals surface area contributed by atoms with E-state index in [0.717, 1.165) is 13.0 Å². The highest BCUT2D eigenvalue weighted by atomic mass is 16.5. The van der Waals surface area contributed by atoms with E-state index in [1.807, 2.05) is 0 Å². The largest absolute Gasteiger partial charge is 0.454 e. The molecule has 3 heterocycles. The van der Waals surface area contributed by atoms with E-state index in [1.54, 1.807) is 30.5 Å². The standard InChI is InChI=1S/C16H18N2O4/c19-15-3-1-2-7-18(15)10-13-4-5-14(22-13)16(20)17-9-12-6-8-21-11-12/h1-5,7,12H,6,8-11H2,(H,17,20)/t12-/m0/s1. The number of furan rings is 1. The Morgan fingerprint density at radius 2 is 2.23 bits per heavy atom. The van der Waals surface area contributed by atoms with Gasteiger partial charge in [-0.25, -0.2) is 0 Å². The summed E-state index contributed by atoms with van der Waals surface area (Å²) >= 11 is 0. The van der Waals surface area contributed by atoms with Gasteiger partial charge in [-0.05, 0) is 24.6 Å². The molecule has 0 saturated carbocycles. The van der Waals surface area contributed by atoms with E-state index in [0.29, 0.717) is 31.4 Å². The molecule has 0 bridgehead atoms. The number of rotatable bonds is 5. The minimum absolute atomic E-state index is 0.105. The van der Waals surface area contributed by atoms with E-state index >= 15 is 0 Å². The smallest absolute Gasteiger partial charge is 0.287 e. The molecular weight excluding hydrogens is 284 g/mol. The molecule has 0 spiro atoms. The maximum Gasteiger partial charge on any atom is 0.287 e. The maximum atomic E-state index is 12.0. The number of hydrogen-bond donors (Lipinski definition) is 1.